The predicted molar refractivity (Wildman–Crippen MR) is 111 cm³/mol. The summed E-state index contributed by atoms with van der Waals surface area (Å²) in [5.74, 6) is 0.859. The fourth-order valence-corrected chi connectivity index (χ4v) is 2.72. The van der Waals surface area contributed by atoms with Gasteiger partial charge in [0.2, 0.25) is 0 Å². The van der Waals surface area contributed by atoms with Crippen LogP contribution in [-0.4, -0.2) is 0 Å². The molecule has 3 aromatic carbocycles. The van der Waals surface area contributed by atoms with Crippen LogP contribution in [-0.2, 0) is 0 Å². The Kier molecular flexibility index (Phi) is 4.94. The Morgan fingerprint density at radius 2 is 0.731 bits per heavy atom. The molecule has 0 spiro atoms. The van der Waals surface area contributed by atoms with Crippen LogP contribution in [0.5, 0.6) is 0 Å². The van der Waals surface area contributed by atoms with Gasteiger partial charge in [-0.1, -0.05) is 61.7 Å². The molecule has 130 valence electrons. The molecule has 0 unspecified atom stereocenters. The van der Waals surface area contributed by atoms with Crippen LogP contribution in [0.15, 0.2) is 97.6 Å². The van der Waals surface area contributed by atoms with Crippen molar-refractivity contribution in [1.82, 2.24) is 0 Å². The summed E-state index contributed by atoms with van der Waals surface area (Å²) in [4.78, 5) is 0. The van der Waals surface area contributed by atoms with Crippen molar-refractivity contribution in [2.24, 2.45) is 11.5 Å². The maximum Gasteiger partial charge on any atom is 0.0930 e. The summed E-state index contributed by atoms with van der Waals surface area (Å²) in [6.07, 6.45) is 0. The molecule has 0 saturated heterocycles. The average molecular weight is 342 g/mol. The zero-order valence-electron chi connectivity index (χ0n) is 14.5. The monoisotopic (exact) mass is 342 g/mol. The Morgan fingerprint density at radius 1 is 0.500 bits per heavy atom. The Bertz CT molecular complexity index is 829. The van der Waals surface area contributed by atoms with E-state index in [4.69, 9.17) is 11.5 Å². The van der Waals surface area contributed by atoms with Crippen molar-refractivity contribution >= 4 is 11.4 Å². The highest BCUT2D eigenvalue weighted by atomic mass is 15.0. The minimum atomic E-state index is 0.430. The van der Waals surface area contributed by atoms with Gasteiger partial charge in [-0.25, -0.2) is 0 Å². The van der Waals surface area contributed by atoms with E-state index in [0.717, 1.165) is 33.6 Å². The van der Waals surface area contributed by atoms with Gasteiger partial charge in [0.15, 0.2) is 0 Å². The lowest BCUT2D eigenvalue weighted by Gasteiger charge is -2.09. The highest BCUT2D eigenvalue weighted by Gasteiger charge is 2.02. The number of nitrogens with two attached hydrogens (primary N) is 2. The summed E-state index contributed by atoms with van der Waals surface area (Å²) in [6, 6.07) is 24.6. The first-order chi connectivity index (χ1) is 12.5. The Balaban J connectivity index is 1.75. The average Bonchev–Trinajstić information content (AvgIpc) is 2.62. The summed E-state index contributed by atoms with van der Waals surface area (Å²) in [5, 5.41) is 5.99. The molecule has 0 atom stereocenters. The number of hydrogen-bond acceptors (Lipinski definition) is 4. The molecule has 0 saturated carbocycles. The SMILES string of the molecule is C=C(N)Nc1ccc(-c2ccc(-c3ccc(NC(=C)N)cc3)cc2)cc1. The molecular weight excluding hydrogens is 320 g/mol. The highest BCUT2D eigenvalue weighted by molar-refractivity contribution is 5.72. The van der Waals surface area contributed by atoms with E-state index in [0.29, 0.717) is 11.6 Å². The van der Waals surface area contributed by atoms with E-state index in [1.54, 1.807) is 0 Å². The lowest BCUT2D eigenvalue weighted by atomic mass is 10.00. The third-order valence-corrected chi connectivity index (χ3v) is 3.93. The number of rotatable bonds is 6. The second kappa shape index (κ2) is 7.49. The molecule has 0 fully saturated rings. The summed E-state index contributed by atoms with van der Waals surface area (Å²) in [6.45, 7) is 7.28. The van der Waals surface area contributed by atoms with Crippen molar-refractivity contribution in [3.63, 3.8) is 0 Å². The minimum absolute atomic E-state index is 0.430. The number of anilines is 2. The largest absolute Gasteiger partial charge is 0.386 e. The predicted octanol–water partition coefficient (Wildman–Crippen LogP) is 4.70. The first-order valence-corrected chi connectivity index (χ1v) is 8.25. The molecular formula is C22H22N4. The van der Waals surface area contributed by atoms with Crippen LogP contribution in [0.3, 0.4) is 0 Å². The summed E-state index contributed by atoms with van der Waals surface area (Å²) in [5.41, 5.74) is 17.6. The number of nitrogens with one attached hydrogen (secondary N) is 2. The standard InChI is InChI=1S/C22H22N4/c1-15(23)25-21-11-7-19(8-12-21)17-3-5-18(6-4-17)20-9-13-22(14-10-20)26-16(2)24/h3-14,25-26H,1-2,23-24H2. The smallest absolute Gasteiger partial charge is 0.0930 e. The maximum atomic E-state index is 5.56. The second-order valence-corrected chi connectivity index (χ2v) is 6.03. The molecule has 3 rings (SSSR count). The first-order valence-electron chi connectivity index (χ1n) is 8.25. The van der Waals surface area contributed by atoms with Crippen LogP contribution in [0, 0.1) is 0 Å². The van der Waals surface area contributed by atoms with Gasteiger partial charge in [0.05, 0.1) is 11.6 Å². The van der Waals surface area contributed by atoms with E-state index in [9.17, 15) is 0 Å². The van der Waals surface area contributed by atoms with Crippen molar-refractivity contribution in [1.29, 1.82) is 0 Å². The third-order valence-electron chi connectivity index (χ3n) is 3.93. The molecule has 26 heavy (non-hydrogen) atoms. The van der Waals surface area contributed by atoms with E-state index < -0.39 is 0 Å². The van der Waals surface area contributed by atoms with Gasteiger partial charge in [0.1, 0.15) is 0 Å². The molecule has 0 aliphatic carbocycles. The van der Waals surface area contributed by atoms with E-state index >= 15 is 0 Å². The summed E-state index contributed by atoms with van der Waals surface area (Å²) in [7, 11) is 0. The molecule has 0 heterocycles. The van der Waals surface area contributed by atoms with Crippen LogP contribution < -0.4 is 22.1 Å². The summed E-state index contributed by atoms with van der Waals surface area (Å²) >= 11 is 0. The quantitative estimate of drug-likeness (QED) is 0.523. The van der Waals surface area contributed by atoms with Crippen molar-refractivity contribution in [2.75, 3.05) is 10.6 Å². The molecule has 4 heteroatoms. The fourth-order valence-electron chi connectivity index (χ4n) is 2.72. The maximum absolute atomic E-state index is 5.56. The van der Waals surface area contributed by atoms with Crippen LogP contribution in [0.1, 0.15) is 0 Å². The van der Waals surface area contributed by atoms with Gasteiger partial charge in [0.25, 0.3) is 0 Å². The molecule has 6 N–H and O–H groups in total. The summed E-state index contributed by atoms with van der Waals surface area (Å²) < 4.78 is 0. The van der Waals surface area contributed by atoms with E-state index in [1.807, 2.05) is 24.3 Å². The van der Waals surface area contributed by atoms with Crippen LogP contribution in [0.25, 0.3) is 22.3 Å². The Labute approximate surface area is 153 Å². The molecule has 0 aromatic heterocycles. The first kappa shape index (κ1) is 17.2. The molecule has 0 radical (unpaired) electrons. The van der Waals surface area contributed by atoms with Crippen molar-refractivity contribution < 1.29 is 0 Å². The van der Waals surface area contributed by atoms with Gasteiger partial charge in [-0.05, 0) is 46.5 Å². The van der Waals surface area contributed by atoms with Gasteiger partial charge in [-0.15, -0.1) is 0 Å². The van der Waals surface area contributed by atoms with Crippen molar-refractivity contribution in [3.8, 4) is 22.3 Å². The molecule has 3 aromatic rings. The minimum Gasteiger partial charge on any atom is -0.386 e. The number of hydrogen-bond donors (Lipinski definition) is 4. The highest BCUT2D eigenvalue weighted by Crippen LogP contribution is 2.26. The molecule has 0 bridgehead atoms. The Morgan fingerprint density at radius 3 is 0.962 bits per heavy atom. The molecule has 0 aliphatic rings. The van der Waals surface area contributed by atoms with Crippen molar-refractivity contribution in [3.05, 3.63) is 97.6 Å². The molecule has 0 amide bonds. The van der Waals surface area contributed by atoms with E-state index in [-0.39, 0.29) is 0 Å². The Hall–Kier alpha value is -3.66. The van der Waals surface area contributed by atoms with Gasteiger partial charge in [-0.2, -0.15) is 0 Å². The zero-order chi connectivity index (χ0) is 18.5. The fraction of sp³-hybridized carbons (Fsp3) is 0. The zero-order valence-corrected chi connectivity index (χ0v) is 14.5. The molecule has 4 nitrogen and oxygen atoms in total. The van der Waals surface area contributed by atoms with E-state index in [1.165, 1.54) is 0 Å². The lowest BCUT2D eigenvalue weighted by molar-refractivity contribution is 1.33. The number of benzene rings is 3. The lowest BCUT2D eigenvalue weighted by Crippen LogP contribution is -2.06. The van der Waals surface area contributed by atoms with Gasteiger partial charge in [-0.3, -0.25) is 0 Å². The van der Waals surface area contributed by atoms with Gasteiger partial charge < -0.3 is 22.1 Å². The van der Waals surface area contributed by atoms with E-state index in [2.05, 4.69) is 72.3 Å². The van der Waals surface area contributed by atoms with Crippen LogP contribution >= 0.6 is 0 Å². The second-order valence-electron chi connectivity index (χ2n) is 6.03. The molecule has 0 aliphatic heterocycles. The van der Waals surface area contributed by atoms with Crippen LogP contribution in [0.2, 0.25) is 0 Å². The van der Waals surface area contributed by atoms with Gasteiger partial charge in [0, 0.05) is 11.4 Å². The van der Waals surface area contributed by atoms with Crippen LogP contribution in [0.4, 0.5) is 11.4 Å². The topological polar surface area (TPSA) is 76.1 Å². The third kappa shape index (κ3) is 4.24. The van der Waals surface area contributed by atoms with Gasteiger partial charge >= 0.3 is 0 Å². The van der Waals surface area contributed by atoms with Crippen molar-refractivity contribution in [2.45, 2.75) is 0 Å². The normalized spacial score (nSPS) is 10.2.